The zero-order valence-electron chi connectivity index (χ0n) is 19.0. The molecule has 2 atom stereocenters. The summed E-state index contributed by atoms with van der Waals surface area (Å²) in [6.07, 6.45) is -1.06. The molecule has 10 heteroatoms. The lowest BCUT2D eigenvalue weighted by atomic mass is 9.98. The number of aliphatic hydroxyl groups excluding tert-OH is 1. The average molecular weight is 479 g/mol. The molecular weight excluding hydrogens is 452 g/mol. The second-order valence-electron chi connectivity index (χ2n) is 8.22. The number of carboxylic acid groups (broad SMARTS) is 1. The summed E-state index contributed by atoms with van der Waals surface area (Å²) in [7, 11) is 1.63. The summed E-state index contributed by atoms with van der Waals surface area (Å²) in [4.78, 5) is 36.3. The van der Waals surface area contributed by atoms with Crippen molar-refractivity contribution in [1.29, 1.82) is 0 Å². The molecule has 2 unspecified atom stereocenters. The fourth-order valence-electron chi connectivity index (χ4n) is 4.26. The van der Waals surface area contributed by atoms with Crippen molar-refractivity contribution in [3.63, 3.8) is 0 Å². The van der Waals surface area contributed by atoms with Gasteiger partial charge in [0.2, 0.25) is 5.91 Å². The van der Waals surface area contributed by atoms with Gasteiger partial charge < -0.3 is 25.6 Å². The van der Waals surface area contributed by atoms with Gasteiger partial charge in [0.25, 0.3) is 0 Å². The van der Waals surface area contributed by atoms with Crippen molar-refractivity contribution in [3.8, 4) is 11.1 Å². The number of hydrogen-bond donors (Lipinski definition) is 4. The quantitative estimate of drug-likeness (QED) is 0.368. The van der Waals surface area contributed by atoms with Crippen LogP contribution < -0.4 is 10.6 Å². The number of hydrogen-bond acceptors (Lipinski definition) is 6. The number of rotatable bonds is 9. The van der Waals surface area contributed by atoms with Crippen molar-refractivity contribution >= 4 is 18.0 Å². The normalized spacial score (nSPS) is 13.9. The highest BCUT2D eigenvalue weighted by atomic mass is 16.5. The molecule has 0 aliphatic heterocycles. The van der Waals surface area contributed by atoms with Crippen molar-refractivity contribution in [1.82, 2.24) is 20.4 Å². The summed E-state index contributed by atoms with van der Waals surface area (Å²) in [5.74, 6) is -2.09. The number of benzene rings is 2. The minimum atomic E-state index is -1.60. The smallest absolute Gasteiger partial charge is 0.408 e. The lowest BCUT2D eigenvalue weighted by Crippen LogP contribution is -2.42. The Labute approximate surface area is 201 Å². The average Bonchev–Trinajstić information content (AvgIpc) is 3.42. The third-order valence-corrected chi connectivity index (χ3v) is 6.02. The third-order valence-electron chi connectivity index (χ3n) is 6.02. The summed E-state index contributed by atoms with van der Waals surface area (Å²) in [5, 5.41) is 27.4. The Morgan fingerprint density at radius 3 is 2.26 bits per heavy atom. The predicted molar refractivity (Wildman–Crippen MR) is 125 cm³/mol. The van der Waals surface area contributed by atoms with Crippen molar-refractivity contribution in [3.05, 3.63) is 77.6 Å². The zero-order chi connectivity index (χ0) is 24.9. The van der Waals surface area contributed by atoms with Crippen molar-refractivity contribution in [2.75, 3.05) is 13.2 Å². The summed E-state index contributed by atoms with van der Waals surface area (Å²) in [6, 6.07) is 16.4. The van der Waals surface area contributed by atoms with E-state index in [9.17, 15) is 19.5 Å². The van der Waals surface area contributed by atoms with Crippen LogP contribution in [0.2, 0.25) is 0 Å². The lowest BCUT2D eigenvalue weighted by molar-refractivity contribution is -0.147. The number of alkyl carbamates (subject to hydrolysis) is 1. The highest BCUT2D eigenvalue weighted by Gasteiger charge is 2.30. The first-order valence-electron chi connectivity index (χ1n) is 11.1. The topological polar surface area (TPSA) is 143 Å². The molecule has 1 aromatic heterocycles. The maximum atomic E-state index is 12.8. The molecule has 0 spiro atoms. The summed E-state index contributed by atoms with van der Waals surface area (Å²) >= 11 is 0. The van der Waals surface area contributed by atoms with E-state index in [1.54, 1.807) is 13.1 Å². The number of amides is 2. The van der Waals surface area contributed by atoms with Gasteiger partial charge in [-0.25, -0.2) is 9.59 Å². The number of nitrogens with zero attached hydrogens (tertiary/aromatic N) is 2. The lowest BCUT2D eigenvalue weighted by Gasteiger charge is -2.20. The molecule has 0 saturated carbocycles. The van der Waals surface area contributed by atoms with E-state index in [2.05, 4.69) is 15.7 Å². The van der Waals surface area contributed by atoms with E-state index < -0.39 is 30.1 Å². The minimum Gasteiger partial charge on any atom is -0.479 e. The Morgan fingerprint density at radius 2 is 1.69 bits per heavy atom. The molecule has 0 bridgehead atoms. The Kier molecular flexibility index (Phi) is 7.11. The van der Waals surface area contributed by atoms with Crippen LogP contribution in [0.3, 0.4) is 0 Å². The second-order valence-corrected chi connectivity index (χ2v) is 8.22. The van der Waals surface area contributed by atoms with Gasteiger partial charge in [-0.15, -0.1) is 0 Å². The summed E-state index contributed by atoms with van der Waals surface area (Å²) < 4.78 is 7.00. The van der Waals surface area contributed by atoms with E-state index in [1.807, 2.05) is 48.5 Å². The van der Waals surface area contributed by atoms with Crippen LogP contribution in [0.25, 0.3) is 11.1 Å². The highest BCUT2D eigenvalue weighted by Crippen LogP contribution is 2.44. The SMILES string of the molecule is Cn1nccc1C(NC(=O)OCC1c2ccccc2-c2ccccc21)C(=O)NCCC(O)C(=O)O. The molecule has 35 heavy (non-hydrogen) atoms. The van der Waals surface area contributed by atoms with Crippen molar-refractivity contribution < 1.29 is 29.3 Å². The first-order valence-corrected chi connectivity index (χ1v) is 11.1. The molecule has 0 radical (unpaired) electrons. The molecular formula is C25H26N4O6. The van der Waals surface area contributed by atoms with Crippen LogP contribution in [0.4, 0.5) is 4.79 Å². The number of aromatic nitrogens is 2. The zero-order valence-corrected chi connectivity index (χ0v) is 19.0. The number of fused-ring (bicyclic) bond motifs is 3. The van der Waals surface area contributed by atoms with Crippen LogP contribution >= 0.6 is 0 Å². The second kappa shape index (κ2) is 10.4. The fraction of sp³-hybridized carbons (Fsp3) is 0.280. The molecule has 4 rings (SSSR count). The Bertz CT molecular complexity index is 1190. The highest BCUT2D eigenvalue weighted by molar-refractivity contribution is 5.86. The van der Waals surface area contributed by atoms with Crippen LogP contribution in [0.15, 0.2) is 60.8 Å². The van der Waals surface area contributed by atoms with Gasteiger partial charge >= 0.3 is 12.1 Å². The molecule has 10 nitrogen and oxygen atoms in total. The molecule has 3 aromatic rings. The Morgan fingerprint density at radius 1 is 1.06 bits per heavy atom. The number of aryl methyl sites for hydroxylation is 1. The van der Waals surface area contributed by atoms with E-state index in [0.717, 1.165) is 22.3 Å². The fourth-order valence-corrected chi connectivity index (χ4v) is 4.26. The van der Waals surface area contributed by atoms with Crippen LogP contribution in [0.5, 0.6) is 0 Å². The maximum Gasteiger partial charge on any atom is 0.408 e. The molecule has 0 fully saturated rings. The first kappa shape index (κ1) is 24.0. The van der Waals surface area contributed by atoms with E-state index in [4.69, 9.17) is 9.84 Å². The number of carbonyl (C=O) groups excluding carboxylic acids is 2. The number of aliphatic hydroxyl groups is 1. The minimum absolute atomic E-state index is 0.0877. The number of ether oxygens (including phenoxy) is 1. The van der Waals surface area contributed by atoms with Crippen LogP contribution in [-0.4, -0.2) is 57.2 Å². The predicted octanol–water partition coefficient (Wildman–Crippen LogP) is 1.95. The Balaban J connectivity index is 1.43. The standard InChI is InChI=1S/C25H26N4O6/c1-29-20(10-13-27-29)22(23(31)26-12-11-21(30)24(32)33)28-25(34)35-14-19-17-8-4-2-6-15(17)16-7-3-5-9-18(16)19/h2-10,13,19,21-22,30H,11-12,14H2,1H3,(H,26,31)(H,28,34)(H,32,33). The maximum absolute atomic E-state index is 12.8. The van der Waals surface area contributed by atoms with Gasteiger partial charge in [-0.3, -0.25) is 9.48 Å². The van der Waals surface area contributed by atoms with Crippen LogP contribution in [0, 0.1) is 0 Å². The van der Waals surface area contributed by atoms with Crippen molar-refractivity contribution in [2.45, 2.75) is 24.5 Å². The number of nitrogens with one attached hydrogen (secondary N) is 2. The van der Waals surface area contributed by atoms with Gasteiger partial charge in [-0.1, -0.05) is 48.5 Å². The van der Waals surface area contributed by atoms with Gasteiger partial charge in [0.15, 0.2) is 12.1 Å². The van der Waals surface area contributed by atoms with Gasteiger partial charge in [0, 0.05) is 32.1 Å². The summed E-state index contributed by atoms with van der Waals surface area (Å²) in [5.41, 5.74) is 4.76. The van der Waals surface area contributed by atoms with Crippen LogP contribution in [-0.2, 0) is 21.4 Å². The van der Waals surface area contributed by atoms with Gasteiger partial charge in [0.05, 0.1) is 5.69 Å². The number of aliphatic carboxylic acids is 1. The van der Waals surface area contributed by atoms with E-state index in [1.165, 1.54) is 10.9 Å². The van der Waals surface area contributed by atoms with Gasteiger partial charge in [0.1, 0.15) is 6.61 Å². The monoisotopic (exact) mass is 478 g/mol. The first-order chi connectivity index (χ1) is 16.9. The molecule has 1 heterocycles. The largest absolute Gasteiger partial charge is 0.479 e. The Hall–Kier alpha value is -4.18. The number of carbonyl (C=O) groups is 3. The van der Waals surface area contributed by atoms with Crippen LogP contribution in [0.1, 0.15) is 35.2 Å². The van der Waals surface area contributed by atoms with E-state index >= 15 is 0 Å². The van der Waals surface area contributed by atoms with Gasteiger partial charge in [-0.2, -0.15) is 5.10 Å². The molecule has 2 amide bonds. The number of carboxylic acids is 1. The van der Waals surface area contributed by atoms with E-state index in [-0.39, 0.29) is 25.5 Å². The van der Waals surface area contributed by atoms with Gasteiger partial charge in [-0.05, 0) is 28.3 Å². The third kappa shape index (κ3) is 5.17. The van der Waals surface area contributed by atoms with Crippen molar-refractivity contribution in [2.24, 2.45) is 7.05 Å². The molecule has 4 N–H and O–H groups in total. The molecule has 1 aliphatic rings. The summed E-state index contributed by atoms with van der Waals surface area (Å²) in [6.45, 7) is -0.00257. The molecule has 1 aliphatic carbocycles. The van der Waals surface area contributed by atoms with E-state index in [0.29, 0.717) is 5.69 Å². The molecule has 182 valence electrons. The molecule has 2 aromatic carbocycles. The molecule has 0 saturated heterocycles.